The van der Waals surface area contributed by atoms with E-state index in [0.29, 0.717) is 23.1 Å². The second kappa shape index (κ2) is 12.2. The van der Waals surface area contributed by atoms with Crippen LogP contribution in [-0.4, -0.2) is 32.3 Å². The summed E-state index contributed by atoms with van der Waals surface area (Å²) in [7, 11) is 0. The van der Waals surface area contributed by atoms with Crippen LogP contribution in [0.1, 0.15) is 47.2 Å². The normalized spacial score (nSPS) is 11.8. The number of nitrogens with zero attached hydrogens (tertiary/aromatic N) is 3. The molecule has 1 atom stereocenters. The predicted octanol–water partition coefficient (Wildman–Crippen LogP) is 5.70. The van der Waals surface area contributed by atoms with Gasteiger partial charge in [-0.05, 0) is 55.2 Å². The fourth-order valence-electron chi connectivity index (χ4n) is 3.52. The molecule has 184 valence electrons. The molecule has 0 fully saturated rings. The molecule has 0 aliphatic carbocycles. The predicted molar refractivity (Wildman–Crippen MR) is 145 cm³/mol. The first-order chi connectivity index (χ1) is 16.7. The smallest absolute Gasteiger partial charge is 0.251 e. The van der Waals surface area contributed by atoms with Crippen LogP contribution in [-0.2, 0) is 11.3 Å². The topological polar surface area (TPSA) is 88.9 Å². The Labute approximate surface area is 218 Å². The van der Waals surface area contributed by atoms with Crippen LogP contribution < -0.4 is 10.6 Å². The minimum atomic E-state index is -0.355. The van der Waals surface area contributed by atoms with E-state index in [1.165, 1.54) is 11.8 Å². The molecule has 0 spiro atoms. The maximum absolute atomic E-state index is 12.8. The van der Waals surface area contributed by atoms with Crippen LogP contribution in [0.5, 0.6) is 0 Å². The Balaban J connectivity index is 1.75. The van der Waals surface area contributed by atoms with Gasteiger partial charge in [0, 0.05) is 22.3 Å². The molecule has 0 aliphatic heterocycles. The average Bonchev–Trinajstić information content (AvgIpc) is 3.24. The van der Waals surface area contributed by atoms with Crippen LogP contribution in [0.4, 0.5) is 5.69 Å². The summed E-state index contributed by atoms with van der Waals surface area (Å²) in [6.07, 6.45) is 1.75. The molecule has 1 heterocycles. The first-order valence-electron chi connectivity index (χ1n) is 11.3. The zero-order valence-corrected chi connectivity index (χ0v) is 22.7. The number of thioether (sulfide) groups is 1. The van der Waals surface area contributed by atoms with Gasteiger partial charge in [0.25, 0.3) is 5.91 Å². The third-order valence-corrected chi connectivity index (χ3v) is 7.48. The summed E-state index contributed by atoms with van der Waals surface area (Å²) < 4.78 is 2.90. The summed E-state index contributed by atoms with van der Waals surface area (Å²) in [6.45, 7) is 12.3. The highest BCUT2D eigenvalue weighted by Gasteiger charge is 2.26. The van der Waals surface area contributed by atoms with Crippen LogP contribution in [0.2, 0.25) is 0 Å². The van der Waals surface area contributed by atoms with Gasteiger partial charge in [0.2, 0.25) is 5.91 Å². The molecule has 0 bridgehead atoms. The third kappa shape index (κ3) is 6.61. The number of hydrogen-bond donors (Lipinski definition) is 2. The Bertz CT molecular complexity index is 1210. The molecule has 2 N–H and O–H groups in total. The number of nitrogens with one attached hydrogen (secondary N) is 2. The molecule has 0 aliphatic rings. The molecule has 3 rings (SSSR count). The lowest BCUT2D eigenvalue weighted by atomic mass is 10.0. The van der Waals surface area contributed by atoms with Crippen LogP contribution in [0, 0.1) is 19.8 Å². The van der Waals surface area contributed by atoms with Crippen molar-refractivity contribution in [1.82, 2.24) is 20.1 Å². The van der Waals surface area contributed by atoms with E-state index in [2.05, 4.69) is 43.3 Å². The zero-order valence-electron chi connectivity index (χ0n) is 20.3. The number of rotatable bonds is 10. The van der Waals surface area contributed by atoms with Crippen molar-refractivity contribution >= 4 is 45.2 Å². The van der Waals surface area contributed by atoms with E-state index in [1.54, 1.807) is 18.2 Å². The van der Waals surface area contributed by atoms with Gasteiger partial charge in [-0.15, -0.1) is 16.8 Å². The Hall–Kier alpha value is -2.91. The summed E-state index contributed by atoms with van der Waals surface area (Å²) in [5.41, 5.74) is 3.47. The summed E-state index contributed by atoms with van der Waals surface area (Å²) in [5, 5.41) is 15.4. The zero-order chi connectivity index (χ0) is 25.5. The molecular weight excluding hydrogens is 526 g/mol. The minimum Gasteiger partial charge on any atom is -0.342 e. The first-order valence-corrected chi connectivity index (χ1v) is 13.1. The van der Waals surface area contributed by atoms with Gasteiger partial charge in [-0.25, -0.2) is 0 Å². The molecule has 0 unspecified atom stereocenters. The second-order valence-electron chi connectivity index (χ2n) is 8.48. The number of amides is 2. The summed E-state index contributed by atoms with van der Waals surface area (Å²) in [4.78, 5) is 25.5. The maximum atomic E-state index is 12.8. The van der Waals surface area contributed by atoms with E-state index in [1.807, 2.05) is 62.6 Å². The second-order valence-corrected chi connectivity index (χ2v) is 10.3. The lowest BCUT2D eigenvalue weighted by Gasteiger charge is -2.22. The van der Waals surface area contributed by atoms with Crippen LogP contribution in [0.25, 0.3) is 0 Å². The molecular formula is C26H30BrN5O2S. The molecule has 3 aromatic rings. The highest BCUT2D eigenvalue weighted by Crippen LogP contribution is 2.28. The number of anilines is 1. The van der Waals surface area contributed by atoms with Crippen molar-refractivity contribution in [2.75, 3.05) is 11.1 Å². The number of hydrogen-bond acceptors (Lipinski definition) is 5. The number of carbonyl (C=O) groups excluding carboxylic acids is 2. The van der Waals surface area contributed by atoms with Crippen molar-refractivity contribution in [3.8, 4) is 0 Å². The Morgan fingerprint density at radius 2 is 1.83 bits per heavy atom. The highest BCUT2D eigenvalue weighted by molar-refractivity contribution is 9.10. The van der Waals surface area contributed by atoms with Gasteiger partial charge >= 0.3 is 0 Å². The van der Waals surface area contributed by atoms with E-state index in [9.17, 15) is 9.59 Å². The molecule has 2 aromatic carbocycles. The van der Waals surface area contributed by atoms with Gasteiger partial charge < -0.3 is 15.2 Å². The van der Waals surface area contributed by atoms with Gasteiger partial charge in [-0.1, -0.05) is 65.8 Å². The monoisotopic (exact) mass is 555 g/mol. The van der Waals surface area contributed by atoms with Gasteiger partial charge in [0.1, 0.15) is 0 Å². The molecule has 0 saturated carbocycles. The van der Waals surface area contributed by atoms with Crippen LogP contribution in [0.15, 0.2) is 64.7 Å². The lowest BCUT2D eigenvalue weighted by Crippen LogP contribution is -2.33. The van der Waals surface area contributed by atoms with Gasteiger partial charge in [0.05, 0.1) is 11.8 Å². The number of halogens is 1. The molecule has 35 heavy (non-hydrogen) atoms. The molecule has 0 saturated heterocycles. The number of aromatic nitrogens is 3. The standard InChI is InChI=1S/C26H30BrN5O2S/c1-6-14-32-24(23(16(2)3)29-25(34)19-10-8-7-9-11-19)30-31-26(32)35-15-22(33)28-21-13-12-20(27)17(4)18(21)5/h6-13,16,23H,1,14-15H2,2-5H3,(H,28,33)(H,29,34)/t23-/m0/s1. The number of carbonyl (C=O) groups is 2. The fourth-order valence-corrected chi connectivity index (χ4v) is 4.70. The van der Waals surface area contributed by atoms with E-state index in [0.717, 1.165) is 21.3 Å². The largest absolute Gasteiger partial charge is 0.342 e. The van der Waals surface area contributed by atoms with Crippen LogP contribution >= 0.6 is 27.7 Å². The maximum Gasteiger partial charge on any atom is 0.251 e. The molecule has 9 heteroatoms. The van der Waals surface area contributed by atoms with Crippen molar-refractivity contribution in [2.45, 2.75) is 45.4 Å². The Morgan fingerprint density at radius 1 is 1.11 bits per heavy atom. The lowest BCUT2D eigenvalue weighted by molar-refractivity contribution is -0.113. The number of allylic oxidation sites excluding steroid dienone is 1. The van der Waals surface area contributed by atoms with Crippen molar-refractivity contribution in [3.05, 3.63) is 82.1 Å². The van der Waals surface area contributed by atoms with E-state index >= 15 is 0 Å². The van der Waals surface area contributed by atoms with Crippen molar-refractivity contribution < 1.29 is 9.59 Å². The summed E-state index contributed by atoms with van der Waals surface area (Å²) in [6, 6.07) is 12.5. The quantitative estimate of drug-likeness (QED) is 0.247. The Morgan fingerprint density at radius 3 is 2.49 bits per heavy atom. The molecule has 2 amide bonds. The van der Waals surface area contributed by atoms with Gasteiger partial charge in [-0.3, -0.25) is 9.59 Å². The third-order valence-electron chi connectivity index (χ3n) is 5.65. The van der Waals surface area contributed by atoms with E-state index < -0.39 is 0 Å². The van der Waals surface area contributed by atoms with E-state index in [-0.39, 0.29) is 29.5 Å². The fraction of sp³-hybridized carbons (Fsp3) is 0.308. The van der Waals surface area contributed by atoms with Gasteiger partial charge in [0.15, 0.2) is 11.0 Å². The minimum absolute atomic E-state index is 0.0696. The number of benzene rings is 2. The molecule has 1 aromatic heterocycles. The molecule has 0 radical (unpaired) electrons. The van der Waals surface area contributed by atoms with Crippen molar-refractivity contribution in [3.63, 3.8) is 0 Å². The van der Waals surface area contributed by atoms with E-state index in [4.69, 9.17) is 0 Å². The SMILES string of the molecule is C=CCn1c(SCC(=O)Nc2ccc(Br)c(C)c2C)nnc1[C@@H](NC(=O)c1ccccc1)C(C)C. The summed E-state index contributed by atoms with van der Waals surface area (Å²) in [5.74, 6) is 0.567. The van der Waals surface area contributed by atoms with Crippen molar-refractivity contribution in [1.29, 1.82) is 0 Å². The Kier molecular flexibility index (Phi) is 9.28. The molecule has 7 nitrogen and oxygen atoms in total. The highest BCUT2D eigenvalue weighted by atomic mass is 79.9. The first kappa shape index (κ1) is 26.7. The van der Waals surface area contributed by atoms with Crippen LogP contribution in [0.3, 0.4) is 0 Å². The summed E-state index contributed by atoms with van der Waals surface area (Å²) >= 11 is 4.81. The average molecular weight is 557 g/mol. The van der Waals surface area contributed by atoms with Gasteiger partial charge in [-0.2, -0.15) is 0 Å². The van der Waals surface area contributed by atoms with Crippen molar-refractivity contribution in [2.24, 2.45) is 5.92 Å².